The van der Waals surface area contributed by atoms with E-state index in [0.717, 1.165) is 41.1 Å². The van der Waals surface area contributed by atoms with Gasteiger partial charge in [0.2, 0.25) is 0 Å². The molecule has 1 atom stereocenters. The zero-order valence-corrected chi connectivity index (χ0v) is 16.1. The molecule has 0 spiro atoms. The van der Waals surface area contributed by atoms with Gasteiger partial charge in [-0.1, -0.05) is 54.1 Å². The van der Waals surface area contributed by atoms with Crippen LogP contribution >= 0.6 is 11.6 Å². The molecule has 0 bridgehead atoms. The molecule has 0 fully saturated rings. The van der Waals surface area contributed by atoms with E-state index < -0.39 is 0 Å². The molecule has 28 heavy (non-hydrogen) atoms. The molecule has 1 unspecified atom stereocenters. The Hall–Kier alpha value is -2.69. The summed E-state index contributed by atoms with van der Waals surface area (Å²) in [4.78, 5) is 0. The highest BCUT2D eigenvalue weighted by atomic mass is 35.5. The second kappa shape index (κ2) is 8.13. The lowest BCUT2D eigenvalue weighted by Crippen LogP contribution is -2.20. The predicted molar refractivity (Wildman–Crippen MR) is 110 cm³/mol. The van der Waals surface area contributed by atoms with Crippen LogP contribution in [0.25, 0.3) is 0 Å². The van der Waals surface area contributed by atoms with Gasteiger partial charge in [-0.3, -0.25) is 0 Å². The molecule has 3 aromatic rings. The molecule has 1 aliphatic heterocycles. The topological polar surface area (TPSA) is 61.7 Å². The van der Waals surface area contributed by atoms with Crippen LogP contribution in [0.5, 0.6) is 17.2 Å². The van der Waals surface area contributed by atoms with Gasteiger partial charge < -0.3 is 20.3 Å². The summed E-state index contributed by atoms with van der Waals surface area (Å²) < 4.78 is 5.87. The number of phenols is 2. The number of hydrogen-bond donors (Lipinski definition) is 3. The SMILES string of the molecule is Oc1cc2c(c(Cl)c1O)CCNCC2c1ccc(OCc2ccccc2)cc1. The van der Waals surface area contributed by atoms with Crippen LogP contribution in [0, 0.1) is 0 Å². The van der Waals surface area contributed by atoms with E-state index in [4.69, 9.17) is 16.3 Å². The summed E-state index contributed by atoms with van der Waals surface area (Å²) in [6, 6.07) is 19.7. The largest absolute Gasteiger partial charge is 0.504 e. The zero-order chi connectivity index (χ0) is 19.5. The summed E-state index contributed by atoms with van der Waals surface area (Å²) in [5, 5.41) is 23.7. The fraction of sp³-hybridized carbons (Fsp3) is 0.217. The number of benzene rings is 3. The van der Waals surface area contributed by atoms with Crippen LogP contribution in [-0.2, 0) is 13.0 Å². The molecule has 0 aliphatic carbocycles. The number of fused-ring (bicyclic) bond motifs is 1. The van der Waals surface area contributed by atoms with E-state index in [1.807, 2.05) is 54.6 Å². The van der Waals surface area contributed by atoms with Crippen molar-refractivity contribution in [1.29, 1.82) is 0 Å². The van der Waals surface area contributed by atoms with Crippen LogP contribution in [0.3, 0.4) is 0 Å². The van der Waals surface area contributed by atoms with Crippen molar-refractivity contribution in [2.45, 2.75) is 18.9 Å². The first-order valence-electron chi connectivity index (χ1n) is 9.34. The Labute approximate surface area is 169 Å². The third-order valence-electron chi connectivity index (χ3n) is 5.16. The van der Waals surface area contributed by atoms with Crippen molar-refractivity contribution < 1.29 is 14.9 Å². The van der Waals surface area contributed by atoms with Crippen LogP contribution in [0.15, 0.2) is 60.7 Å². The lowest BCUT2D eigenvalue weighted by atomic mass is 9.87. The molecule has 0 aromatic heterocycles. The first-order valence-corrected chi connectivity index (χ1v) is 9.72. The summed E-state index contributed by atoms with van der Waals surface area (Å²) in [7, 11) is 0. The minimum atomic E-state index is -0.245. The van der Waals surface area contributed by atoms with E-state index >= 15 is 0 Å². The van der Waals surface area contributed by atoms with E-state index in [1.165, 1.54) is 0 Å². The normalized spacial score (nSPS) is 16.2. The molecule has 3 aromatic carbocycles. The molecule has 5 heteroatoms. The number of ether oxygens (including phenoxy) is 1. The van der Waals surface area contributed by atoms with Gasteiger partial charge in [0, 0.05) is 12.5 Å². The standard InChI is InChI=1S/C23H22ClNO3/c24-22-18-10-11-25-13-20(19(18)12-21(26)23(22)27)16-6-8-17(9-7-16)28-14-15-4-2-1-3-5-15/h1-9,12,20,25-27H,10-11,13-14H2. The first-order chi connectivity index (χ1) is 13.6. The van der Waals surface area contributed by atoms with Crippen LogP contribution in [-0.4, -0.2) is 23.3 Å². The molecule has 0 saturated carbocycles. The lowest BCUT2D eigenvalue weighted by molar-refractivity contribution is 0.306. The quantitative estimate of drug-likeness (QED) is 0.564. The van der Waals surface area contributed by atoms with Gasteiger partial charge in [0.25, 0.3) is 0 Å². The minimum absolute atomic E-state index is 0.0321. The van der Waals surface area contributed by atoms with Gasteiger partial charge in [-0.2, -0.15) is 0 Å². The third-order valence-corrected chi connectivity index (χ3v) is 5.57. The Morgan fingerprint density at radius 3 is 2.54 bits per heavy atom. The average molecular weight is 396 g/mol. The maximum absolute atomic E-state index is 10.1. The molecule has 3 N–H and O–H groups in total. The first kappa shape index (κ1) is 18.7. The molecule has 4 nitrogen and oxygen atoms in total. The number of hydrogen-bond acceptors (Lipinski definition) is 4. The second-order valence-electron chi connectivity index (χ2n) is 6.98. The monoisotopic (exact) mass is 395 g/mol. The van der Waals surface area contributed by atoms with Crippen molar-refractivity contribution >= 4 is 11.6 Å². The van der Waals surface area contributed by atoms with E-state index in [9.17, 15) is 10.2 Å². The van der Waals surface area contributed by atoms with Crippen molar-refractivity contribution in [2.24, 2.45) is 0 Å². The molecule has 0 radical (unpaired) electrons. The molecule has 0 amide bonds. The Morgan fingerprint density at radius 2 is 1.79 bits per heavy atom. The van der Waals surface area contributed by atoms with Crippen molar-refractivity contribution in [3.8, 4) is 17.2 Å². The zero-order valence-electron chi connectivity index (χ0n) is 15.4. The molecule has 1 aliphatic rings. The summed E-state index contributed by atoms with van der Waals surface area (Å²) in [5.41, 5.74) is 4.06. The van der Waals surface area contributed by atoms with Gasteiger partial charge in [-0.15, -0.1) is 0 Å². The smallest absolute Gasteiger partial charge is 0.176 e. The highest BCUT2D eigenvalue weighted by Gasteiger charge is 2.25. The van der Waals surface area contributed by atoms with Gasteiger partial charge in [0.05, 0.1) is 5.02 Å². The lowest BCUT2D eigenvalue weighted by Gasteiger charge is -2.20. The fourth-order valence-electron chi connectivity index (χ4n) is 3.65. The van der Waals surface area contributed by atoms with Gasteiger partial charge in [-0.25, -0.2) is 0 Å². The number of rotatable bonds is 4. The maximum atomic E-state index is 10.1. The Morgan fingerprint density at radius 1 is 1.04 bits per heavy atom. The van der Waals surface area contributed by atoms with Crippen molar-refractivity contribution in [1.82, 2.24) is 5.32 Å². The maximum Gasteiger partial charge on any atom is 0.176 e. The van der Waals surface area contributed by atoms with Crippen molar-refractivity contribution in [3.63, 3.8) is 0 Å². The van der Waals surface area contributed by atoms with Crippen molar-refractivity contribution in [2.75, 3.05) is 13.1 Å². The van der Waals surface area contributed by atoms with Gasteiger partial charge in [0.15, 0.2) is 11.5 Å². The number of halogens is 1. The Balaban J connectivity index is 1.58. The van der Waals surface area contributed by atoms with Crippen LogP contribution in [0.4, 0.5) is 0 Å². The van der Waals surface area contributed by atoms with Crippen LogP contribution in [0.1, 0.15) is 28.2 Å². The summed E-state index contributed by atoms with van der Waals surface area (Å²) in [6.07, 6.45) is 0.705. The second-order valence-corrected chi connectivity index (χ2v) is 7.35. The highest BCUT2D eigenvalue weighted by Crippen LogP contribution is 2.42. The van der Waals surface area contributed by atoms with Gasteiger partial charge >= 0.3 is 0 Å². The third kappa shape index (κ3) is 3.79. The Bertz CT molecular complexity index is 958. The number of phenolic OH excluding ortho intramolecular Hbond substituents is 2. The molecule has 4 rings (SSSR count). The van der Waals surface area contributed by atoms with E-state index in [0.29, 0.717) is 13.0 Å². The predicted octanol–water partition coefficient (Wildman–Crippen LogP) is 4.61. The van der Waals surface area contributed by atoms with Crippen LogP contribution in [0.2, 0.25) is 5.02 Å². The fourth-order valence-corrected chi connectivity index (χ4v) is 3.95. The van der Waals surface area contributed by atoms with Crippen LogP contribution < -0.4 is 10.1 Å². The summed E-state index contributed by atoms with van der Waals surface area (Å²) in [5.74, 6) is 0.412. The highest BCUT2D eigenvalue weighted by molar-refractivity contribution is 6.33. The molecule has 0 saturated heterocycles. The minimum Gasteiger partial charge on any atom is -0.504 e. The number of aromatic hydroxyl groups is 2. The molecular formula is C23H22ClNO3. The summed E-state index contributed by atoms with van der Waals surface area (Å²) in [6.45, 7) is 2.03. The molecule has 144 valence electrons. The van der Waals surface area contributed by atoms with Gasteiger partial charge in [-0.05, 0) is 53.4 Å². The van der Waals surface area contributed by atoms with Crippen molar-refractivity contribution in [3.05, 3.63) is 87.9 Å². The molecular weight excluding hydrogens is 374 g/mol. The van der Waals surface area contributed by atoms with E-state index in [2.05, 4.69) is 5.32 Å². The van der Waals surface area contributed by atoms with Gasteiger partial charge in [0.1, 0.15) is 12.4 Å². The average Bonchev–Trinajstić information content (AvgIpc) is 2.94. The Kier molecular flexibility index (Phi) is 5.42. The molecule has 1 heterocycles. The number of nitrogens with one attached hydrogen (secondary N) is 1. The van der Waals surface area contributed by atoms with E-state index in [1.54, 1.807) is 6.07 Å². The summed E-state index contributed by atoms with van der Waals surface area (Å²) >= 11 is 6.31. The van der Waals surface area contributed by atoms with E-state index in [-0.39, 0.29) is 22.4 Å².